The monoisotopic (exact) mass is 364 g/mol. The first-order chi connectivity index (χ1) is 12.5. The summed E-state index contributed by atoms with van der Waals surface area (Å²) in [4.78, 5) is 23.4. The molecular weight excluding hydrogens is 340 g/mol. The average Bonchev–Trinajstić information content (AvgIpc) is 2.64. The SMILES string of the molecule is COCCOCOC[C@H](C[C@H](C)C(=O)O)NC(=O)c1ccc(C#N)cc1. The third-order valence-electron chi connectivity index (χ3n) is 3.59. The Morgan fingerprint density at radius 1 is 1.23 bits per heavy atom. The first-order valence-electron chi connectivity index (χ1n) is 8.16. The molecule has 1 rings (SSSR count). The third kappa shape index (κ3) is 8.07. The van der Waals surface area contributed by atoms with Crippen molar-refractivity contribution in [1.82, 2.24) is 5.32 Å². The van der Waals surface area contributed by atoms with E-state index in [4.69, 9.17) is 24.6 Å². The lowest BCUT2D eigenvalue weighted by atomic mass is 10.0. The summed E-state index contributed by atoms with van der Waals surface area (Å²) in [7, 11) is 1.56. The van der Waals surface area contributed by atoms with Crippen molar-refractivity contribution in [2.24, 2.45) is 5.92 Å². The minimum absolute atomic E-state index is 0.0219. The van der Waals surface area contributed by atoms with E-state index in [0.717, 1.165) is 0 Å². The Morgan fingerprint density at radius 2 is 1.92 bits per heavy atom. The molecule has 1 amide bonds. The summed E-state index contributed by atoms with van der Waals surface area (Å²) in [5, 5.41) is 20.6. The molecule has 0 bridgehead atoms. The summed E-state index contributed by atoms with van der Waals surface area (Å²) in [6.07, 6.45) is 0.218. The van der Waals surface area contributed by atoms with Crippen LogP contribution < -0.4 is 5.32 Å². The van der Waals surface area contributed by atoms with Crippen molar-refractivity contribution in [2.45, 2.75) is 19.4 Å². The van der Waals surface area contributed by atoms with Crippen molar-refractivity contribution in [3.8, 4) is 6.07 Å². The van der Waals surface area contributed by atoms with E-state index in [9.17, 15) is 9.59 Å². The lowest BCUT2D eigenvalue weighted by Crippen LogP contribution is -2.40. The zero-order valence-corrected chi connectivity index (χ0v) is 14.9. The van der Waals surface area contributed by atoms with E-state index in [2.05, 4.69) is 5.32 Å². The zero-order valence-electron chi connectivity index (χ0n) is 14.9. The van der Waals surface area contributed by atoms with Crippen molar-refractivity contribution in [3.63, 3.8) is 0 Å². The number of hydrogen-bond acceptors (Lipinski definition) is 6. The number of hydrogen-bond donors (Lipinski definition) is 2. The number of carbonyl (C=O) groups excluding carboxylic acids is 1. The van der Waals surface area contributed by atoms with Crippen LogP contribution in [0, 0.1) is 17.2 Å². The number of carbonyl (C=O) groups is 2. The highest BCUT2D eigenvalue weighted by molar-refractivity contribution is 5.94. The van der Waals surface area contributed by atoms with E-state index in [-0.39, 0.29) is 25.7 Å². The van der Waals surface area contributed by atoms with Crippen LogP contribution in [0.1, 0.15) is 29.3 Å². The van der Waals surface area contributed by atoms with Crippen LogP contribution in [0.5, 0.6) is 0 Å². The van der Waals surface area contributed by atoms with Crippen LogP contribution in [0.25, 0.3) is 0 Å². The predicted octanol–water partition coefficient (Wildman–Crippen LogP) is 1.40. The Morgan fingerprint density at radius 3 is 2.50 bits per heavy atom. The molecule has 0 saturated heterocycles. The molecule has 0 aliphatic heterocycles. The minimum atomic E-state index is -0.945. The van der Waals surface area contributed by atoms with Gasteiger partial charge in [-0.1, -0.05) is 6.92 Å². The first-order valence-corrected chi connectivity index (χ1v) is 8.16. The standard InChI is InChI=1S/C18H24N2O6/c1-13(18(22)23)9-16(11-26-12-25-8-7-24-2)20-17(21)15-5-3-14(10-19)4-6-15/h3-6,13,16H,7-9,11-12H2,1-2H3,(H,20,21)(H,22,23)/t13-,16-/m0/s1. The van der Waals surface area contributed by atoms with E-state index in [0.29, 0.717) is 24.3 Å². The molecule has 2 atom stereocenters. The molecule has 0 radical (unpaired) electrons. The molecule has 0 spiro atoms. The number of nitrogens with one attached hydrogen (secondary N) is 1. The topological polar surface area (TPSA) is 118 Å². The van der Waals surface area contributed by atoms with E-state index >= 15 is 0 Å². The van der Waals surface area contributed by atoms with E-state index in [1.807, 2.05) is 6.07 Å². The second-order valence-corrected chi connectivity index (χ2v) is 5.72. The number of nitrogens with zero attached hydrogens (tertiary/aromatic N) is 1. The highest BCUT2D eigenvalue weighted by Gasteiger charge is 2.21. The second-order valence-electron chi connectivity index (χ2n) is 5.72. The number of benzene rings is 1. The molecule has 0 aromatic heterocycles. The fourth-order valence-corrected chi connectivity index (χ4v) is 2.11. The fraction of sp³-hybridized carbons (Fsp3) is 0.500. The van der Waals surface area contributed by atoms with Crippen molar-refractivity contribution in [1.29, 1.82) is 5.26 Å². The number of carboxylic acids is 1. The largest absolute Gasteiger partial charge is 0.481 e. The Bertz CT molecular complexity index is 611. The molecule has 0 unspecified atom stereocenters. The molecule has 8 nitrogen and oxygen atoms in total. The van der Waals surface area contributed by atoms with Gasteiger partial charge < -0.3 is 24.6 Å². The normalized spacial score (nSPS) is 12.8. The molecule has 142 valence electrons. The third-order valence-corrected chi connectivity index (χ3v) is 3.59. The number of amides is 1. The summed E-state index contributed by atoms with van der Waals surface area (Å²) < 4.78 is 15.4. The molecule has 1 aromatic carbocycles. The van der Waals surface area contributed by atoms with Gasteiger partial charge in [-0.2, -0.15) is 5.26 Å². The van der Waals surface area contributed by atoms with Crippen LogP contribution in [0.2, 0.25) is 0 Å². The van der Waals surface area contributed by atoms with Crippen LogP contribution in [0.15, 0.2) is 24.3 Å². The van der Waals surface area contributed by atoms with Crippen LogP contribution in [-0.4, -0.2) is 56.7 Å². The van der Waals surface area contributed by atoms with E-state index < -0.39 is 17.9 Å². The lowest BCUT2D eigenvalue weighted by Gasteiger charge is -2.21. The predicted molar refractivity (Wildman–Crippen MR) is 92.5 cm³/mol. The Hall–Kier alpha value is -2.47. The molecular formula is C18H24N2O6. The maximum absolute atomic E-state index is 12.3. The number of rotatable bonds is 12. The number of ether oxygens (including phenoxy) is 3. The van der Waals surface area contributed by atoms with Gasteiger partial charge in [0.1, 0.15) is 6.79 Å². The quantitative estimate of drug-likeness (QED) is 0.425. The first kappa shape index (κ1) is 21.6. The highest BCUT2D eigenvalue weighted by Crippen LogP contribution is 2.09. The molecule has 0 saturated carbocycles. The minimum Gasteiger partial charge on any atom is -0.481 e. The highest BCUT2D eigenvalue weighted by atomic mass is 16.7. The van der Waals surface area contributed by atoms with Gasteiger partial charge >= 0.3 is 5.97 Å². The van der Waals surface area contributed by atoms with Gasteiger partial charge in [-0.05, 0) is 30.7 Å². The van der Waals surface area contributed by atoms with Crippen LogP contribution >= 0.6 is 0 Å². The summed E-state index contributed by atoms with van der Waals surface area (Å²) in [6, 6.07) is 7.67. The Labute approximate surface area is 152 Å². The van der Waals surface area contributed by atoms with Gasteiger partial charge in [0.05, 0.1) is 43.4 Å². The van der Waals surface area contributed by atoms with Gasteiger partial charge in [-0.15, -0.1) is 0 Å². The van der Waals surface area contributed by atoms with E-state index in [1.165, 1.54) is 0 Å². The van der Waals surface area contributed by atoms with Crippen molar-refractivity contribution < 1.29 is 28.9 Å². The lowest BCUT2D eigenvalue weighted by molar-refractivity contribution is -0.141. The maximum Gasteiger partial charge on any atom is 0.306 e. The zero-order chi connectivity index (χ0) is 19.4. The Balaban J connectivity index is 2.60. The molecule has 0 heterocycles. The summed E-state index contributed by atoms with van der Waals surface area (Å²) in [5.74, 6) is -1.95. The van der Waals surface area contributed by atoms with Crippen molar-refractivity contribution in [2.75, 3.05) is 33.7 Å². The molecule has 0 aliphatic carbocycles. The molecule has 0 aliphatic rings. The molecule has 26 heavy (non-hydrogen) atoms. The Kier molecular flexibility index (Phi) is 9.94. The van der Waals surface area contributed by atoms with Gasteiger partial charge in [0.2, 0.25) is 0 Å². The van der Waals surface area contributed by atoms with Gasteiger partial charge in [0.25, 0.3) is 5.91 Å². The van der Waals surface area contributed by atoms with Crippen LogP contribution in [0.4, 0.5) is 0 Å². The van der Waals surface area contributed by atoms with Gasteiger partial charge in [-0.3, -0.25) is 9.59 Å². The molecule has 1 aromatic rings. The maximum atomic E-state index is 12.3. The van der Waals surface area contributed by atoms with Gasteiger partial charge in [0, 0.05) is 12.7 Å². The summed E-state index contributed by atoms with van der Waals surface area (Å²) >= 11 is 0. The average molecular weight is 364 g/mol. The number of methoxy groups -OCH3 is 1. The van der Waals surface area contributed by atoms with Crippen molar-refractivity contribution >= 4 is 11.9 Å². The molecule has 2 N–H and O–H groups in total. The smallest absolute Gasteiger partial charge is 0.306 e. The number of aliphatic carboxylic acids is 1. The molecule has 8 heteroatoms. The summed E-state index contributed by atoms with van der Waals surface area (Å²) in [5.41, 5.74) is 0.836. The van der Waals surface area contributed by atoms with Crippen molar-refractivity contribution in [3.05, 3.63) is 35.4 Å². The van der Waals surface area contributed by atoms with Gasteiger partial charge in [0.15, 0.2) is 0 Å². The second kappa shape index (κ2) is 12.0. The number of carboxylic acid groups (broad SMARTS) is 1. The summed E-state index contributed by atoms with van der Waals surface area (Å²) in [6.45, 7) is 2.53. The fourth-order valence-electron chi connectivity index (χ4n) is 2.11. The van der Waals surface area contributed by atoms with Crippen LogP contribution in [-0.2, 0) is 19.0 Å². The van der Waals surface area contributed by atoms with Gasteiger partial charge in [-0.25, -0.2) is 0 Å². The van der Waals surface area contributed by atoms with E-state index in [1.54, 1.807) is 38.3 Å². The molecule has 0 fully saturated rings. The number of nitriles is 1. The van der Waals surface area contributed by atoms with Crippen LogP contribution in [0.3, 0.4) is 0 Å².